The Balaban J connectivity index is 2.15. The molecule has 1 aliphatic rings. The Morgan fingerprint density at radius 3 is 2.23 bits per heavy atom. The average Bonchev–Trinajstić information content (AvgIpc) is 2.95. The summed E-state index contributed by atoms with van der Waals surface area (Å²) in [7, 11) is 0. The molecule has 0 bridgehead atoms. The highest BCUT2D eigenvalue weighted by molar-refractivity contribution is 9.09. The maximum Gasteiger partial charge on any atom is 0.0102 e. The van der Waals surface area contributed by atoms with E-state index < -0.39 is 0 Å². The molecule has 0 saturated heterocycles. The van der Waals surface area contributed by atoms with E-state index in [1.54, 1.807) is 0 Å². The zero-order valence-corrected chi connectivity index (χ0v) is 10.5. The van der Waals surface area contributed by atoms with Crippen LogP contribution < -0.4 is 0 Å². The van der Waals surface area contributed by atoms with Crippen LogP contribution in [-0.2, 0) is 0 Å². The molecule has 0 nitrogen and oxygen atoms in total. The molecular weight excluding hydrogens is 292 g/mol. The van der Waals surface area contributed by atoms with Crippen molar-refractivity contribution in [2.45, 2.75) is 12.3 Å². The summed E-state index contributed by atoms with van der Waals surface area (Å²) in [4.78, 5) is 0. The lowest BCUT2D eigenvalue weighted by atomic mass is 10.0. The smallest absolute Gasteiger partial charge is 0.0102 e. The maximum atomic E-state index is 3.60. The Morgan fingerprint density at radius 2 is 1.77 bits per heavy atom. The molecule has 2 heteroatoms. The predicted octanol–water partition coefficient (Wildman–Crippen LogP) is 3.95. The van der Waals surface area contributed by atoms with Crippen molar-refractivity contribution in [1.82, 2.24) is 0 Å². The van der Waals surface area contributed by atoms with Gasteiger partial charge in [0.2, 0.25) is 0 Å². The third kappa shape index (κ3) is 1.71. The van der Waals surface area contributed by atoms with Crippen LogP contribution in [0.1, 0.15) is 17.9 Å². The van der Waals surface area contributed by atoms with Gasteiger partial charge in [0.1, 0.15) is 0 Å². The summed E-state index contributed by atoms with van der Waals surface area (Å²) in [5, 5.41) is 2.20. The van der Waals surface area contributed by atoms with Gasteiger partial charge in [-0.1, -0.05) is 62.2 Å². The van der Waals surface area contributed by atoms with Crippen molar-refractivity contribution in [3.63, 3.8) is 0 Å². The van der Waals surface area contributed by atoms with E-state index >= 15 is 0 Å². The molecule has 1 aromatic rings. The summed E-state index contributed by atoms with van der Waals surface area (Å²) >= 11 is 7.20. The molecule has 0 amide bonds. The molecule has 0 radical (unpaired) electrons. The molecule has 70 valence electrons. The van der Waals surface area contributed by atoms with Crippen LogP contribution in [0.2, 0.25) is 0 Å². The van der Waals surface area contributed by atoms with Crippen LogP contribution in [0.5, 0.6) is 0 Å². The molecule has 0 spiro atoms. The Kier molecular flexibility index (Phi) is 2.80. The molecule has 0 aliphatic heterocycles. The van der Waals surface area contributed by atoms with E-state index in [2.05, 4.69) is 62.2 Å². The molecule has 0 heterocycles. The van der Waals surface area contributed by atoms with Crippen molar-refractivity contribution in [2.24, 2.45) is 5.41 Å². The van der Waals surface area contributed by atoms with E-state index in [0.29, 0.717) is 5.41 Å². The second-order valence-corrected chi connectivity index (χ2v) is 4.92. The second kappa shape index (κ2) is 3.74. The summed E-state index contributed by atoms with van der Waals surface area (Å²) in [5.41, 5.74) is 1.97. The zero-order valence-electron chi connectivity index (χ0n) is 7.34. The Labute approximate surface area is 96.0 Å². The lowest BCUT2D eigenvalue weighted by Crippen LogP contribution is -2.06. The minimum absolute atomic E-state index is 0.487. The molecule has 0 aromatic heterocycles. The zero-order chi connectivity index (χ0) is 9.31. The van der Waals surface area contributed by atoms with Gasteiger partial charge in [-0.05, 0) is 23.3 Å². The topological polar surface area (TPSA) is 0 Å². The summed E-state index contributed by atoms with van der Waals surface area (Å²) in [6, 6.07) is 10.8. The number of benzene rings is 1. The third-order valence-corrected chi connectivity index (χ3v) is 5.16. The van der Waals surface area contributed by atoms with Crippen molar-refractivity contribution in [3.8, 4) is 0 Å². The maximum absolute atomic E-state index is 3.60. The van der Waals surface area contributed by atoms with Crippen molar-refractivity contribution in [2.75, 3.05) is 10.7 Å². The molecule has 1 atom stereocenters. The predicted molar refractivity (Wildman–Crippen MR) is 63.8 cm³/mol. The van der Waals surface area contributed by atoms with Gasteiger partial charge in [0.05, 0.1) is 0 Å². The van der Waals surface area contributed by atoms with Crippen LogP contribution >= 0.6 is 31.9 Å². The van der Waals surface area contributed by atoms with Crippen molar-refractivity contribution < 1.29 is 0 Å². The largest absolute Gasteiger partial charge is 0.0921 e. The first-order valence-electron chi connectivity index (χ1n) is 4.49. The van der Waals surface area contributed by atoms with Crippen LogP contribution in [0.25, 0.3) is 0 Å². The SMILES string of the molecule is BrCC1(CBr)CC1c1ccccc1. The Morgan fingerprint density at radius 1 is 1.15 bits per heavy atom. The lowest BCUT2D eigenvalue weighted by Gasteiger charge is -2.09. The fourth-order valence-electron chi connectivity index (χ4n) is 1.84. The third-order valence-electron chi connectivity index (χ3n) is 2.92. The quantitative estimate of drug-likeness (QED) is 0.742. The number of halogens is 2. The number of rotatable bonds is 3. The Hall–Kier alpha value is 0.180. The van der Waals surface area contributed by atoms with Gasteiger partial charge in [0.25, 0.3) is 0 Å². The lowest BCUT2D eigenvalue weighted by molar-refractivity contribution is 0.658. The van der Waals surface area contributed by atoms with Crippen molar-refractivity contribution in [3.05, 3.63) is 35.9 Å². The summed E-state index contributed by atoms with van der Waals surface area (Å²) in [5.74, 6) is 0.757. The number of alkyl halides is 2. The van der Waals surface area contributed by atoms with Gasteiger partial charge in [-0.2, -0.15) is 0 Å². The standard InChI is InChI=1S/C11H12Br2/c12-7-11(8-13)6-10(11)9-4-2-1-3-5-9/h1-5,10H,6-8H2. The highest BCUT2D eigenvalue weighted by Crippen LogP contribution is 2.60. The number of hydrogen-bond donors (Lipinski definition) is 0. The van der Waals surface area contributed by atoms with E-state index in [1.165, 1.54) is 12.0 Å². The van der Waals surface area contributed by atoms with E-state index in [1.807, 2.05) is 0 Å². The molecule has 1 aromatic carbocycles. The van der Waals surface area contributed by atoms with Crippen molar-refractivity contribution in [1.29, 1.82) is 0 Å². The first kappa shape index (κ1) is 9.72. The summed E-state index contributed by atoms with van der Waals surface area (Å²) in [6.07, 6.45) is 1.31. The molecule has 1 aliphatic carbocycles. The highest BCUT2D eigenvalue weighted by Gasteiger charge is 2.52. The van der Waals surface area contributed by atoms with Crippen LogP contribution in [0.4, 0.5) is 0 Å². The molecule has 2 rings (SSSR count). The highest BCUT2D eigenvalue weighted by atomic mass is 79.9. The van der Waals surface area contributed by atoms with Crippen LogP contribution in [0, 0.1) is 5.41 Å². The van der Waals surface area contributed by atoms with Crippen molar-refractivity contribution >= 4 is 31.9 Å². The van der Waals surface area contributed by atoms with Gasteiger partial charge in [-0.15, -0.1) is 0 Å². The van der Waals surface area contributed by atoms with Crippen LogP contribution in [0.3, 0.4) is 0 Å². The second-order valence-electron chi connectivity index (χ2n) is 3.80. The first-order chi connectivity index (χ1) is 6.32. The monoisotopic (exact) mass is 302 g/mol. The van der Waals surface area contributed by atoms with E-state index in [-0.39, 0.29) is 0 Å². The van der Waals surface area contributed by atoms with Gasteiger partial charge in [-0.3, -0.25) is 0 Å². The molecule has 1 unspecified atom stereocenters. The average molecular weight is 304 g/mol. The molecular formula is C11H12Br2. The molecule has 0 N–H and O–H groups in total. The van der Waals surface area contributed by atoms with Gasteiger partial charge < -0.3 is 0 Å². The first-order valence-corrected chi connectivity index (χ1v) is 6.73. The van der Waals surface area contributed by atoms with Crippen LogP contribution in [0.15, 0.2) is 30.3 Å². The van der Waals surface area contributed by atoms with E-state index in [4.69, 9.17) is 0 Å². The van der Waals surface area contributed by atoms with Gasteiger partial charge >= 0.3 is 0 Å². The summed E-state index contributed by atoms with van der Waals surface area (Å²) in [6.45, 7) is 0. The molecule has 1 saturated carbocycles. The molecule has 1 fully saturated rings. The fraction of sp³-hybridized carbons (Fsp3) is 0.455. The number of hydrogen-bond acceptors (Lipinski definition) is 0. The van der Waals surface area contributed by atoms with Gasteiger partial charge in [-0.25, -0.2) is 0 Å². The van der Waals surface area contributed by atoms with E-state index in [0.717, 1.165) is 16.6 Å². The normalized spacial score (nSPS) is 24.3. The van der Waals surface area contributed by atoms with E-state index in [9.17, 15) is 0 Å². The van der Waals surface area contributed by atoms with Crippen LogP contribution in [-0.4, -0.2) is 10.7 Å². The summed E-state index contributed by atoms with van der Waals surface area (Å²) < 4.78 is 0. The minimum atomic E-state index is 0.487. The Bertz CT molecular complexity index is 277. The van der Waals surface area contributed by atoms with Gasteiger partial charge in [0, 0.05) is 10.7 Å². The van der Waals surface area contributed by atoms with Gasteiger partial charge in [0.15, 0.2) is 0 Å². The minimum Gasteiger partial charge on any atom is -0.0921 e. The molecule has 13 heavy (non-hydrogen) atoms. The fourth-order valence-corrected chi connectivity index (χ4v) is 4.00.